The third-order valence-corrected chi connectivity index (χ3v) is 2.96. The van der Waals surface area contributed by atoms with Crippen molar-refractivity contribution in [2.45, 2.75) is 32.3 Å². The quantitative estimate of drug-likeness (QED) is 0.602. The van der Waals surface area contributed by atoms with Crippen molar-refractivity contribution >= 4 is 0 Å². The summed E-state index contributed by atoms with van der Waals surface area (Å²) in [5, 5.41) is 0. The Hall–Kier alpha value is -0.340. The molecule has 0 radical (unpaired) electrons. The zero-order valence-corrected chi connectivity index (χ0v) is 8.46. The Morgan fingerprint density at radius 3 is 3.00 bits per heavy atom. The van der Waals surface area contributed by atoms with E-state index < -0.39 is 0 Å². The third kappa shape index (κ3) is 2.55. The van der Waals surface area contributed by atoms with Crippen LogP contribution in [-0.4, -0.2) is 37.2 Å². The van der Waals surface area contributed by atoms with E-state index in [-0.39, 0.29) is 0 Å². The summed E-state index contributed by atoms with van der Waals surface area (Å²) < 4.78 is 5.49. The van der Waals surface area contributed by atoms with Crippen LogP contribution in [0.3, 0.4) is 0 Å². The standard InChI is InChI=1S/C11H19NO/c1-10-9-12(7-8-13-10)6-5-11-3-2-4-11/h5,10H,2-4,6-9H2,1H3. The molecule has 1 heterocycles. The number of rotatable bonds is 2. The Labute approximate surface area is 80.6 Å². The van der Waals surface area contributed by atoms with E-state index in [9.17, 15) is 0 Å². The highest BCUT2D eigenvalue weighted by Crippen LogP contribution is 2.24. The summed E-state index contributed by atoms with van der Waals surface area (Å²) in [6.07, 6.45) is 6.95. The van der Waals surface area contributed by atoms with E-state index in [4.69, 9.17) is 4.74 Å². The first-order valence-corrected chi connectivity index (χ1v) is 5.36. The normalized spacial score (nSPS) is 29.9. The zero-order chi connectivity index (χ0) is 9.10. The molecule has 0 aromatic rings. The number of hydrogen-bond donors (Lipinski definition) is 0. The van der Waals surface area contributed by atoms with Crippen LogP contribution in [0, 0.1) is 0 Å². The molecule has 2 heteroatoms. The molecular weight excluding hydrogens is 162 g/mol. The minimum Gasteiger partial charge on any atom is -0.376 e. The summed E-state index contributed by atoms with van der Waals surface area (Å²) in [5.74, 6) is 0. The molecule has 74 valence electrons. The summed E-state index contributed by atoms with van der Waals surface area (Å²) in [6, 6.07) is 0. The van der Waals surface area contributed by atoms with Gasteiger partial charge in [-0.25, -0.2) is 0 Å². The van der Waals surface area contributed by atoms with Gasteiger partial charge in [-0.05, 0) is 26.2 Å². The lowest BCUT2D eigenvalue weighted by Crippen LogP contribution is -2.41. The maximum atomic E-state index is 5.49. The largest absolute Gasteiger partial charge is 0.376 e. The van der Waals surface area contributed by atoms with Gasteiger partial charge in [0.1, 0.15) is 0 Å². The second-order valence-corrected chi connectivity index (χ2v) is 4.16. The highest BCUT2D eigenvalue weighted by Gasteiger charge is 2.16. The predicted octanol–water partition coefficient (Wildman–Crippen LogP) is 1.82. The van der Waals surface area contributed by atoms with E-state index in [2.05, 4.69) is 17.9 Å². The van der Waals surface area contributed by atoms with E-state index in [0.717, 1.165) is 26.2 Å². The zero-order valence-electron chi connectivity index (χ0n) is 8.46. The lowest BCUT2D eigenvalue weighted by Gasteiger charge is -2.30. The van der Waals surface area contributed by atoms with Gasteiger partial charge in [0.05, 0.1) is 12.7 Å². The van der Waals surface area contributed by atoms with Crippen molar-refractivity contribution < 1.29 is 4.74 Å². The van der Waals surface area contributed by atoms with E-state index in [1.165, 1.54) is 19.3 Å². The molecule has 2 aliphatic rings. The SMILES string of the molecule is CC1CN(CC=C2CCC2)CCO1. The van der Waals surface area contributed by atoms with Gasteiger partial charge in [0.15, 0.2) is 0 Å². The van der Waals surface area contributed by atoms with Gasteiger partial charge in [-0.3, -0.25) is 4.90 Å². The average Bonchev–Trinajstić information content (AvgIpc) is 2.01. The Morgan fingerprint density at radius 2 is 2.38 bits per heavy atom. The van der Waals surface area contributed by atoms with Gasteiger partial charge in [-0.1, -0.05) is 11.6 Å². The lowest BCUT2D eigenvalue weighted by molar-refractivity contribution is -0.0141. The molecule has 13 heavy (non-hydrogen) atoms. The van der Waals surface area contributed by atoms with Crippen LogP contribution in [0.2, 0.25) is 0 Å². The molecular formula is C11H19NO. The second-order valence-electron chi connectivity index (χ2n) is 4.16. The Morgan fingerprint density at radius 1 is 1.54 bits per heavy atom. The van der Waals surface area contributed by atoms with Crippen LogP contribution in [0.15, 0.2) is 11.6 Å². The van der Waals surface area contributed by atoms with Gasteiger partial charge in [0, 0.05) is 19.6 Å². The van der Waals surface area contributed by atoms with Gasteiger partial charge in [-0.2, -0.15) is 0 Å². The summed E-state index contributed by atoms with van der Waals surface area (Å²) in [6.45, 7) is 6.41. The second kappa shape index (κ2) is 4.25. The minimum atomic E-state index is 0.425. The van der Waals surface area contributed by atoms with Gasteiger partial charge in [0.25, 0.3) is 0 Å². The van der Waals surface area contributed by atoms with Crippen molar-refractivity contribution in [1.82, 2.24) is 4.90 Å². The molecule has 1 saturated heterocycles. The molecule has 1 aliphatic heterocycles. The van der Waals surface area contributed by atoms with Gasteiger partial charge < -0.3 is 4.74 Å². The summed E-state index contributed by atoms with van der Waals surface area (Å²) >= 11 is 0. The first-order valence-electron chi connectivity index (χ1n) is 5.36. The fraction of sp³-hybridized carbons (Fsp3) is 0.818. The maximum absolute atomic E-state index is 5.49. The van der Waals surface area contributed by atoms with Crippen molar-refractivity contribution in [2.24, 2.45) is 0 Å². The van der Waals surface area contributed by atoms with Crippen LogP contribution < -0.4 is 0 Å². The minimum absolute atomic E-state index is 0.425. The van der Waals surface area contributed by atoms with Crippen LogP contribution in [0.1, 0.15) is 26.2 Å². The topological polar surface area (TPSA) is 12.5 Å². The summed E-state index contributed by atoms with van der Waals surface area (Å²) in [4.78, 5) is 2.49. The molecule has 1 unspecified atom stereocenters. The van der Waals surface area contributed by atoms with Crippen molar-refractivity contribution in [3.8, 4) is 0 Å². The van der Waals surface area contributed by atoms with Gasteiger partial charge in [0.2, 0.25) is 0 Å². The molecule has 0 amide bonds. The molecule has 2 rings (SSSR count). The molecule has 1 atom stereocenters. The first kappa shape index (κ1) is 9.22. The summed E-state index contributed by atoms with van der Waals surface area (Å²) in [5.41, 5.74) is 1.67. The van der Waals surface area contributed by atoms with Crippen LogP contribution >= 0.6 is 0 Å². The molecule has 0 N–H and O–H groups in total. The van der Waals surface area contributed by atoms with Gasteiger partial charge >= 0.3 is 0 Å². The Kier molecular flexibility index (Phi) is 3.01. The van der Waals surface area contributed by atoms with Crippen molar-refractivity contribution in [3.63, 3.8) is 0 Å². The smallest absolute Gasteiger partial charge is 0.0674 e. The number of ether oxygens (including phenoxy) is 1. The fourth-order valence-electron chi connectivity index (χ4n) is 1.90. The summed E-state index contributed by atoms with van der Waals surface area (Å²) in [7, 11) is 0. The average molecular weight is 181 g/mol. The van der Waals surface area contributed by atoms with Crippen LogP contribution in [-0.2, 0) is 4.74 Å². The maximum Gasteiger partial charge on any atom is 0.0674 e. The lowest BCUT2D eigenvalue weighted by atomic mass is 9.92. The van der Waals surface area contributed by atoms with E-state index in [1.807, 2.05) is 0 Å². The molecule has 1 saturated carbocycles. The molecule has 2 nitrogen and oxygen atoms in total. The van der Waals surface area contributed by atoms with Crippen molar-refractivity contribution in [1.29, 1.82) is 0 Å². The van der Waals surface area contributed by atoms with E-state index in [0.29, 0.717) is 6.10 Å². The van der Waals surface area contributed by atoms with E-state index in [1.54, 1.807) is 5.57 Å². The molecule has 0 spiro atoms. The number of morpholine rings is 1. The van der Waals surface area contributed by atoms with E-state index >= 15 is 0 Å². The molecule has 0 aromatic heterocycles. The van der Waals surface area contributed by atoms with Crippen molar-refractivity contribution in [2.75, 3.05) is 26.2 Å². The Balaban J connectivity index is 1.73. The highest BCUT2D eigenvalue weighted by molar-refractivity contribution is 5.10. The molecule has 0 bridgehead atoms. The number of allylic oxidation sites excluding steroid dienone is 1. The molecule has 2 fully saturated rings. The Bertz CT molecular complexity index is 194. The molecule has 0 aromatic carbocycles. The monoisotopic (exact) mass is 181 g/mol. The van der Waals surface area contributed by atoms with Crippen LogP contribution in [0.4, 0.5) is 0 Å². The fourth-order valence-corrected chi connectivity index (χ4v) is 1.90. The third-order valence-electron chi connectivity index (χ3n) is 2.96. The van der Waals surface area contributed by atoms with Crippen LogP contribution in [0.25, 0.3) is 0 Å². The predicted molar refractivity (Wildman–Crippen MR) is 53.8 cm³/mol. The number of nitrogens with zero attached hydrogens (tertiary/aromatic N) is 1. The van der Waals surface area contributed by atoms with Gasteiger partial charge in [-0.15, -0.1) is 0 Å². The van der Waals surface area contributed by atoms with Crippen molar-refractivity contribution in [3.05, 3.63) is 11.6 Å². The number of hydrogen-bond acceptors (Lipinski definition) is 2. The first-order chi connectivity index (χ1) is 6.34. The highest BCUT2D eigenvalue weighted by atomic mass is 16.5. The molecule has 1 aliphatic carbocycles. The van der Waals surface area contributed by atoms with Crippen LogP contribution in [0.5, 0.6) is 0 Å².